The number of carbonyl (C=O) groups is 2. The van der Waals surface area contributed by atoms with Gasteiger partial charge >= 0.3 is 6.09 Å². The monoisotopic (exact) mass is 451 g/mol. The maximum Gasteiger partial charge on any atom is 0.410 e. The van der Waals surface area contributed by atoms with Gasteiger partial charge in [0.1, 0.15) is 12.4 Å². The van der Waals surface area contributed by atoms with E-state index in [4.69, 9.17) is 9.47 Å². The molecule has 1 amide bonds. The van der Waals surface area contributed by atoms with Crippen molar-refractivity contribution < 1.29 is 19.1 Å². The molecule has 1 aromatic carbocycles. The first-order valence-electron chi connectivity index (χ1n) is 12.9. The van der Waals surface area contributed by atoms with Gasteiger partial charge in [-0.25, -0.2) is 4.79 Å². The predicted octanol–water partition coefficient (Wildman–Crippen LogP) is 5.37. The minimum Gasteiger partial charge on any atom is -0.445 e. The average molecular weight is 452 g/mol. The van der Waals surface area contributed by atoms with Crippen LogP contribution in [0.3, 0.4) is 0 Å². The van der Waals surface area contributed by atoms with E-state index in [-0.39, 0.29) is 36.1 Å². The Hall–Kier alpha value is -1.88. The summed E-state index contributed by atoms with van der Waals surface area (Å²) in [5.41, 5.74) is 1.54. The molecule has 0 radical (unpaired) electrons. The lowest BCUT2D eigenvalue weighted by Gasteiger charge is -2.65. The molecule has 1 aromatic rings. The Morgan fingerprint density at radius 3 is 2.21 bits per heavy atom. The summed E-state index contributed by atoms with van der Waals surface area (Å²) < 4.78 is 11.5. The number of carbonyl (C=O) groups excluding carboxylic acids is 2. The van der Waals surface area contributed by atoms with Gasteiger partial charge in [-0.3, -0.25) is 9.69 Å². The molecule has 4 saturated carbocycles. The van der Waals surface area contributed by atoms with Crippen LogP contribution in [0, 0.1) is 28.1 Å². The Balaban J connectivity index is 1.17. The second-order valence-electron chi connectivity index (χ2n) is 12.7. The van der Waals surface area contributed by atoms with Crippen LogP contribution in [0.5, 0.6) is 0 Å². The van der Waals surface area contributed by atoms with E-state index in [1.54, 1.807) is 0 Å². The van der Waals surface area contributed by atoms with E-state index in [9.17, 15) is 9.59 Å². The second kappa shape index (κ2) is 7.56. The Labute approximate surface area is 197 Å². The van der Waals surface area contributed by atoms with E-state index in [1.165, 1.54) is 19.3 Å². The summed E-state index contributed by atoms with van der Waals surface area (Å²) in [6.45, 7) is 6.16. The third-order valence-electron chi connectivity index (χ3n) is 9.46. The van der Waals surface area contributed by atoms with Crippen molar-refractivity contribution in [3.05, 3.63) is 35.9 Å². The van der Waals surface area contributed by atoms with Gasteiger partial charge in [-0.05, 0) is 73.7 Å². The number of amides is 1. The molecule has 0 N–H and O–H groups in total. The molecule has 33 heavy (non-hydrogen) atoms. The van der Waals surface area contributed by atoms with E-state index < -0.39 is 0 Å². The quantitative estimate of drug-likeness (QED) is 0.618. The SMILES string of the molecule is CC12CC3CC(C)(C1)CC(C(=O)C1CC4COCC(C1)N4C(=O)OCc1ccccc1)(C3)C2. The number of piperidine rings is 1. The third-order valence-corrected chi connectivity index (χ3v) is 9.46. The predicted molar refractivity (Wildman–Crippen MR) is 124 cm³/mol. The molecule has 6 bridgehead atoms. The van der Waals surface area contributed by atoms with Crippen LogP contribution in [0.15, 0.2) is 30.3 Å². The van der Waals surface area contributed by atoms with Crippen LogP contribution in [0.25, 0.3) is 0 Å². The number of fused-ring (bicyclic) bond motifs is 2. The zero-order chi connectivity index (χ0) is 22.8. The number of hydrogen-bond acceptors (Lipinski definition) is 4. The van der Waals surface area contributed by atoms with Gasteiger partial charge < -0.3 is 9.47 Å². The molecular formula is C28H37NO4. The Kier molecular flexibility index (Phi) is 4.96. The van der Waals surface area contributed by atoms with Crippen LogP contribution in [-0.4, -0.2) is 42.1 Å². The second-order valence-corrected chi connectivity index (χ2v) is 12.7. The Morgan fingerprint density at radius 1 is 0.970 bits per heavy atom. The lowest BCUT2D eigenvalue weighted by Crippen LogP contribution is -2.63. The molecule has 4 unspecified atom stereocenters. The number of benzene rings is 1. The normalized spacial score (nSPS) is 43.4. The van der Waals surface area contributed by atoms with Gasteiger partial charge in [-0.1, -0.05) is 44.2 Å². The molecule has 2 heterocycles. The van der Waals surface area contributed by atoms with Crippen LogP contribution in [0.4, 0.5) is 4.79 Å². The lowest BCUT2D eigenvalue weighted by molar-refractivity contribution is -0.176. The van der Waals surface area contributed by atoms with Gasteiger partial charge in [0.2, 0.25) is 0 Å². The molecular weight excluding hydrogens is 414 g/mol. The Morgan fingerprint density at radius 2 is 1.61 bits per heavy atom. The summed E-state index contributed by atoms with van der Waals surface area (Å²) >= 11 is 0. The standard InChI is InChI=1S/C28H37NO4/c1-26-10-20-11-27(2,16-26)18-28(12-20,17-26)24(30)21-8-22-14-32-15-23(9-21)29(22)25(31)33-13-19-6-4-3-5-7-19/h3-7,20-23H,8-18H2,1-2H3. The number of Topliss-reactive ketones (excluding diaryl/α,β-unsaturated/α-hetero) is 1. The van der Waals surface area contributed by atoms with Gasteiger partial charge in [0, 0.05) is 11.3 Å². The summed E-state index contributed by atoms with van der Waals surface area (Å²) in [7, 11) is 0. The summed E-state index contributed by atoms with van der Waals surface area (Å²) in [6, 6.07) is 9.68. The van der Waals surface area contributed by atoms with E-state index in [0.717, 1.165) is 43.6 Å². The molecule has 0 aromatic heterocycles. The highest BCUT2D eigenvalue weighted by Gasteiger charge is 2.63. The van der Waals surface area contributed by atoms with Gasteiger partial charge in [-0.15, -0.1) is 0 Å². The summed E-state index contributed by atoms with van der Waals surface area (Å²) in [5, 5.41) is 0. The summed E-state index contributed by atoms with van der Waals surface area (Å²) in [5.74, 6) is 1.28. The van der Waals surface area contributed by atoms with Crippen LogP contribution in [0.2, 0.25) is 0 Å². The fourth-order valence-electron chi connectivity index (χ4n) is 9.38. The van der Waals surface area contributed by atoms with Crippen LogP contribution in [-0.2, 0) is 20.9 Å². The van der Waals surface area contributed by atoms with Gasteiger partial charge in [0.25, 0.3) is 0 Å². The van der Waals surface area contributed by atoms with Crippen LogP contribution < -0.4 is 0 Å². The molecule has 6 fully saturated rings. The number of ether oxygens (including phenoxy) is 2. The summed E-state index contributed by atoms with van der Waals surface area (Å²) in [6.07, 6.45) is 8.33. The van der Waals surface area contributed by atoms with Crippen molar-refractivity contribution >= 4 is 11.9 Å². The highest BCUT2D eigenvalue weighted by atomic mass is 16.6. The summed E-state index contributed by atoms with van der Waals surface area (Å²) in [4.78, 5) is 29.1. The highest BCUT2D eigenvalue weighted by molar-refractivity contribution is 5.88. The van der Waals surface area contributed by atoms with Gasteiger partial charge in [-0.2, -0.15) is 0 Å². The molecule has 5 heteroatoms. The fourth-order valence-corrected chi connectivity index (χ4v) is 9.38. The van der Waals surface area contributed by atoms with Crippen LogP contribution in [0.1, 0.15) is 70.8 Å². The molecule has 2 aliphatic heterocycles. The van der Waals surface area contributed by atoms with Gasteiger partial charge in [0.05, 0.1) is 25.3 Å². The largest absolute Gasteiger partial charge is 0.445 e. The molecule has 0 spiro atoms. The topological polar surface area (TPSA) is 55.8 Å². The molecule has 6 aliphatic rings. The van der Waals surface area contributed by atoms with Crippen molar-refractivity contribution in [1.82, 2.24) is 4.90 Å². The van der Waals surface area contributed by atoms with Crippen LogP contribution >= 0.6 is 0 Å². The molecule has 178 valence electrons. The van der Waals surface area contributed by atoms with Crippen molar-refractivity contribution in [2.24, 2.45) is 28.1 Å². The first kappa shape index (κ1) is 21.6. The van der Waals surface area contributed by atoms with Crippen molar-refractivity contribution in [1.29, 1.82) is 0 Å². The van der Waals surface area contributed by atoms with Crippen molar-refractivity contribution in [3.63, 3.8) is 0 Å². The van der Waals surface area contributed by atoms with E-state index in [0.29, 0.717) is 29.8 Å². The average Bonchev–Trinajstić information content (AvgIpc) is 2.74. The lowest BCUT2D eigenvalue weighted by atomic mass is 9.39. The highest BCUT2D eigenvalue weighted by Crippen LogP contribution is 2.70. The number of rotatable bonds is 4. The first-order valence-corrected chi connectivity index (χ1v) is 12.9. The van der Waals surface area contributed by atoms with Crippen molar-refractivity contribution in [3.8, 4) is 0 Å². The minimum absolute atomic E-state index is 0.0468. The van der Waals surface area contributed by atoms with E-state index in [1.807, 2.05) is 35.2 Å². The molecule has 4 atom stereocenters. The fraction of sp³-hybridized carbons (Fsp3) is 0.714. The zero-order valence-electron chi connectivity index (χ0n) is 20.1. The number of morpholine rings is 1. The minimum atomic E-state index is -0.266. The molecule has 5 nitrogen and oxygen atoms in total. The molecule has 7 rings (SSSR count). The maximum absolute atomic E-state index is 14.2. The molecule has 4 aliphatic carbocycles. The number of ketones is 1. The smallest absolute Gasteiger partial charge is 0.410 e. The number of hydrogen-bond donors (Lipinski definition) is 0. The third kappa shape index (κ3) is 3.71. The van der Waals surface area contributed by atoms with Crippen molar-refractivity contribution in [2.75, 3.05) is 13.2 Å². The van der Waals surface area contributed by atoms with Gasteiger partial charge in [0.15, 0.2) is 0 Å². The first-order chi connectivity index (χ1) is 15.8. The van der Waals surface area contributed by atoms with E-state index in [2.05, 4.69) is 13.8 Å². The number of nitrogens with zero attached hydrogens (tertiary/aromatic N) is 1. The Bertz CT molecular complexity index is 912. The van der Waals surface area contributed by atoms with E-state index >= 15 is 0 Å². The maximum atomic E-state index is 14.2. The molecule has 2 saturated heterocycles. The van der Waals surface area contributed by atoms with Crippen molar-refractivity contribution in [2.45, 2.75) is 83.9 Å². The zero-order valence-corrected chi connectivity index (χ0v) is 20.1.